The molecule has 1 saturated carbocycles. The lowest BCUT2D eigenvalue weighted by molar-refractivity contribution is 0.269. The molecule has 0 aliphatic heterocycles. The van der Waals surface area contributed by atoms with E-state index in [9.17, 15) is 0 Å². The van der Waals surface area contributed by atoms with Gasteiger partial charge in [0.15, 0.2) is 0 Å². The highest BCUT2D eigenvalue weighted by Crippen LogP contribution is 2.25. The lowest BCUT2D eigenvalue weighted by Crippen LogP contribution is -2.38. The molecule has 0 aromatic carbocycles. The van der Waals surface area contributed by atoms with Gasteiger partial charge in [-0.3, -0.25) is 0 Å². The summed E-state index contributed by atoms with van der Waals surface area (Å²) in [6.07, 6.45) is 8.98. The summed E-state index contributed by atoms with van der Waals surface area (Å²) in [5.41, 5.74) is -0.343. The molecule has 0 bridgehead atoms. The number of nitrogens with one attached hydrogen (secondary N) is 1. The number of hydrogen-bond acceptors (Lipinski definition) is 3. The zero-order valence-electron chi connectivity index (χ0n) is 12.3. The molecule has 0 saturated heterocycles. The highest BCUT2D eigenvalue weighted by molar-refractivity contribution is 5.02. The molecular formula is C15H29N3. The van der Waals surface area contributed by atoms with Crippen LogP contribution in [0, 0.1) is 17.2 Å². The van der Waals surface area contributed by atoms with Crippen molar-refractivity contribution in [1.29, 1.82) is 5.26 Å². The van der Waals surface area contributed by atoms with Crippen LogP contribution in [0.5, 0.6) is 0 Å². The first-order valence-corrected chi connectivity index (χ1v) is 7.38. The molecule has 18 heavy (non-hydrogen) atoms. The van der Waals surface area contributed by atoms with E-state index in [1.54, 1.807) is 0 Å². The largest absolute Gasteiger partial charge is 0.306 e. The highest BCUT2D eigenvalue weighted by Gasteiger charge is 2.20. The second-order valence-electron chi connectivity index (χ2n) is 6.06. The first kappa shape index (κ1) is 15.5. The van der Waals surface area contributed by atoms with Gasteiger partial charge in [0.05, 0.1) is 6.07 Å². The van der Waals surface area contributed by atoms with Crippen LogP contribution in [0.4, 0.5) is 0 Å². The predicted molar refractivity (Wildman–Crippen MR) is 76.4 cm³/mol. The smallest absolute Gasteiger partial charge is 0.103 e. The number of hydrogen-bond donors (Lipinski definition) is 1. The highest BCUT2D eigenvalue weighted by atomic mass is 15.1. The fraction of sp³-hybridized carbons (Fsp3) is 0.933. The molecule has 1 aliphatic rings. The Morgan fingerprint density at radius 1 is 1.33 bits per heavy atom. The Morgan fingerprint density at radius 2 is 2.00 bits per heavy atom. The van der Waals surface area contributed by atoms with Crippen LogP contribution in [0.25, 0.3) is 0 Å². The molecule has 0 amide bonds. The predicted octanol–water partition coefficient (Wildman–Crippen LogP) is 2.78. The van der Waals surface area contributed by atoms with E-state index in [0.29, 0.717) is 0 Å². The summed E-state index contributed by atoms with van der Waals surface area (Å²) in [7, 11) is 4.11. The molecular weight excluding hydrogens is 222 g/mol. The summed E-state index contributed by atoms with van der Waals surface area (Å²) >= 11 is 0. The molecule has 1 unspecified atom stereocenters. The maximum atomic E-state index is 9.06. The Morgan fingerprint density at radius 3 is 2.56 bits per heavy atom. The normalized spacial score (nSPS) is 19.9. The van der Waals surface area contributed by atoms with Crippen LogP contribution in [0.1, 0.15) is 51.9 Å². The Kier molecular flexibility index (Phi) is 6.67. The van der Waals surface area contributed by atoms with Crippen molar-refractivity contribution in [1.82, 2.24) is 10.2 Å². The average Bonchev–Trinajstić information content (AvgIpc) is 2.87. The van der Waals surface area contributed by atoms with E-state index < -0.39 is 0 Å². The summed E-state index contributed by atoms with van der Waals surface area (Å²) in [6, 6.07) is 2.35. The Labute approximate surface area is 113 Å². The third-order valence-corrected chi connectivity index (χ3v) is 4.31. The Balaban J connectivity index is 2.08. The molecule has 1 fully saturated rings. The molecule has 0 radical (unpaired) electrons. The fourth-order valence-electron chi connectivity index (χ4n) is 2.82. The van der Waals surface area contributed by atoms with Gasteiger partial charge in [-0.15, -0.1) is 0 Å². The molecule has 1 N–H and O–H groups in total. The Bertz CT molecular complexity index is 265. The standard InChI is InChI=1S/C15H29N3/c1-15(13-16,17-2)10-6-7-11-18(3)12-14-8-4-5-9-14/h14,17H,4-12H2,1-3H3. The second kappa shape index (κ2) is 7.76. The minimum Gasteiger partial charge on any atom is -0.306 e. The molecule has 1 rings (SSSR count). The first-order chi connectivity index (χ1) is 8.59. The molecule has 104 valence electrons. The van der Waals surface area contributed by atoms with Crippen molar-refractivity contribution in [2.45, 2.75) is 57.4 Å². The van der Waals surface area contributed by atoms with E-state index in [1.807, 2.05) is 14.0 Å². The summed E-state index contributed by atoms with van der Waals surface area (Å²) in [5.74, 6) is 0.941. The van der Waals surface area contributed by atoms with Crippen LogP contribution in [-0.4, -0.2) is 37.6 Å². The summed E-state index contributed by atoms with van der Waals surface area (Å²) in [4.78, 5) is 2.47. The van der Waals surface area contributed by atoms with Crippen molar-refractivity contribution in [2.75, 3.05) is 27.2 Å². The third-order valence-electron chi connectivity index (χ3n) is 4.31. The zero-order valence-corrected chi connectivity index (χ0v) is 12.3. The van der Waals surface area contributed by atoms with Gasteiger partial charge in [0.25, 0.3) is 0 Å². The lowest BCUT2D eigenvalue weighted by Gasteiger charge is -2.23. The van der Waals surface area contributed by atoms with E-state index in [-0.39, 0.29) is 5.54 Å². The van der Waals surface area contributed by atoms with Gasteiger partial charge >= 0.3 is 0 Å². The SMILES string of the molecule is CNC(C)(C#N)CCCCN(C)CC1CCCC1. The minimum absolute atomic E-state index is 0.343. The van der Waals surface area contributed by atoms with Gasteiger partial charge in [-0.25, -0.2) is 0 Å². The molecule has 0 spiro atoms. The van der Waals surface area contributed by atoms with Gasteiger partial charge in [-0.05, 0) is 65.6 Å². The molecule has 0 aromatic heterocycles. The van der Waals surface area contributed by atoms with Gasteiger partial charge in [0, 0.05) is 6.54 Å². The van der Waals surface area contributed by atoms with Crippen LogP contribution in [0.3, 0.4) is 0 Å². The van der Waals surface area contributed by atoms with Crippen LogP contribution in [-0.2, 0) is 0 Å². The monoisotopic (exact) mass is 251 g/mol. The van der Waals surface area contributed by atoms with Crippen LogP contribution < -0.4 is 5.32 Å². The van der Waals surface area contributed by atoms with Gasteiger partial charge in [-0.2, -0.15) is 5.26 Å². The fourth-order valence-corrected chi connectivity index (χ4v) is 2.82. The summed E-state index contributed by atoms with van der Waals surface area (Å²) in [5, 5.41) is 12.2. The average molecular weight is 251 g/mol. The Hall–Kier alpha value is -0.590. The van der Waals surface area contributed by atoms with Crippen molar-refractivity contribution in [3.63, 3.8) is 0 Å². The number of nitrogens with zero attached hydrogens (tertiary/aromatic N) is 2. The van der Waals surface area contributed by atoms with Crippen molar-refractivity contribution in [3.05, 3.63) is 0 Å². The van der Waals surface area contributed by atoms with E-state index >= 15 is 0 Å². The maximum absolute atomic E-state index is 9.06. The van der Waals surface area contributed by atoms with Gasteiger partial charge in [-0.1, -0.05) is 12.8 Å². The van der Waals surface area contributed by atoms with Gasteiger partial charge in [0.2, 0.25) is 0 Å². The lowest BCUT2D eigenvalue weighted by atomic mass is 9.97. The summed E-state index contributed by atoms with van der Waals surface area (Å²) < 4.78 is 0. The molecule has 1 atom stereocenters. The number of nitriles is 1. The van der Waals surface area contributed by atoms with Crippen LogP contribution in [0.15, 0.2) is 0 Å². The van der Waals surface area contributed by atoms with Gasteiger partial charge < -0.3 is 10.2 Å². The van der Waals surface area contributed by atoms with Crippen molar-refractivity contribution in [3.8, 4) is 6.07 Å². The van der Waals surface area contributed by atoms with Crippen molar-refractivity contribution >= 4 is 0 Å². The van der Waals surface area contributed by atoms with E-state index in [0.717, 1.165) is 18.8 Å². The quantitative estimate of drug-likeness (QED) is 0.674. The third kappa shape index (κ3) is 5.37. The van der Waals surface area contributed by atoms with Crippen molar-refractivity contribution in [2.24, 2.45) is 5.92 Å². The number of rotatable bonds is 8. The van der Waals surface area contributed by atoms with Gasteiger partial charge in [0.1, 0.15) is 5.54 Å². The molecule has 0 aromatic rings. The molecule has 3 nitrogen and oxygen atoms in total. The molecule has 3 heteroatoms. The van der Waals surface area contributed by atoms with E-state index in [4.69, 9.17) is 5.26 Å². The summed E-state index contributed by atoms with van der Waals surface area (Å²) in [6.45, 7) is 4.42. The van der Waals surface area contributed by atoms with Crippen LogP contribution >= 0.6 is 0 Å². The minimum atomic E-state index is -0.343. The molecule has 1 aliphatic carbocycles. The first-order valence-electron chi connectivity index (χ1n) is 7.38. The van der Waals surface area contributed by atoms with E-state index in [2.05, 4.69) is 23.3 Å². The molecule has 0 heterocycles. The maximum Gasteiger partial charge on any atom is 0.103 e. The topological polar surface area (TPSA) is 39.1 Å². The van der Waals surface area contributed by atoms with Crippen molar-refractivity contribution < 1.29 is 0 Å². The van der Waals surface area contributed by atoms with Crippen LogP contribution in [0.2, 0.25) is 0 Å². The number of unbranched alkanes of at least 4 members (excludes halogenated alkanes) is 1. The second-order valence-corrected chi connectivity index (χ2v) is 6.06. The van der Waals surface area contributed by atoms with E-state index in [1.165, 1.54) is 45.2 Å². The zero-order chi connectivity index (χ0) is 13.4.